The highest BCUT2D eigenvalue weighted by atomic mass is 79.9. The van der Waals surface area contributed by atoms with E-state index in [-0.39, 0.29) is 18.7 Å². The molecule has 3 amide bonds. The van der Waals surface area contributed by atoms with Crippen LogP contribution in [0.3, 0.4) is 0 Å². The van der Waals surface area contributed by atoms with Gasteiger partial charge in [0.2, 0.25) is 11.8 Å². The summed E-state index contributed by atoms with van der Waals surface area (Å²) in [5.41, 5.74) is 1.36. The predicted molar refractivity (Wildman–Crippen MR) is 99.3 cm³/mol. The van der Waals surface area contributed by atoms with Gasteiger partial charge >= 0.3 is 0 Å². The molecule has 2 aromatic carbocycles. The van der Waals surface area contributed by atoms with Crippen molar-refractivity contribution >= 4 is 39.3 Å². The van der Waals surface area contributed by atoms with E-state index in [1.807, 2.05) is 13.0 Å². The topological polar surface area (TPSA) is 87.3 Å². The molecule has 136 valence electrons. The van der Waals surface area contributed by atoms with Gasteiger partial charge in [0.15, 0.2) is 0 Å². The van der Waals surface area contributed by atoms with Crippen molar-refractivity contribution in [3.05, 3.63) is 63.9 Å². The number of rotatable bonds is 6. The second kappa shape index (κ2) is 9.10. The van der Waals surface area contributed by atoms with Crippen molar-refractivity contribution in [2.45, 2.75) is 6.92 Å². The molecule has 0 unspecified atom stereocenters. The third kappa shape index (κ3) is 5.66. The summed E-state index contributed by atoms with van der Waals surface area (Å²) in [5, 5.41) is 7.37. The molecule has 2 aromatic rings. The smallest absolute Gasteiger partial charge is 0.254 e. The Bertz CT molecular complexity index is 842. The molecule has 2 rings (SSSR count). The molecule has 0 aliphatic rings. The van der Waals surface area contributed by atoms with Crippen molar-refractivity contribution in [3.8, 4) is 0 Å². The molecule has 0 atom stereocenters. The average molecular weight is 422 g/mol. The first-order chi connectivity index (χ1) is 12.4. The largest absolute Gasteiger partial charge is 0.345 e. The van der Waals surface area contributed by atoms with Crippen LogP contribution in [0.4, 0.5) is 10.1 Å². The van der Waals surface area contributed by atoms with Gasteiger partial charge in [0.05, 0.1) is 18.7 Å². The number of anilines is 1. The third-order valence-electron chi connectivity index (χ3n) is 3.44. The standard InChI is InChI=1S/C18H17BrFN3O3/c1-11-8-12(19)6-7-15(11)23-17(25)10-21-16(24)9-22-18(26)13-4-2-3-5-14(13)20/h2-8H,9-10H2,1H3,(H,21,24)(H,22,26)(H,23,25). The molecule has 0 aliphatic heterocycles. The lowest BCUT2D eigenvalue weighted by Crippen LogP contribution is -2.40. The number of carbonyl (C=O) groups is 3. The number of aryl methyl sites for hydroxylation is 1. The van der Waals surface area contributed by atoms with Crippen molar-refractivity contribution in [3.63, 3.8) is 0 Å². The summed E-state index contributed by atoms with van der Waals surface area (Å²) in [7, 11) is 0. The van der Waals surface area contributed by atoms with E-state index in [4.69, 9.17) is 0 Å². The van der Waals surface area contributed by atoms with Crippen LogP contribution in [0.5, 0.6) is 0 Å². The summed E-state index contributed by atoms with van der Waals surface area (Å²) < 4.78 is 14.4. The first kappa shape index (κ1) is 19.6. The number of amides is 3. The maximum atomic E-state index is 13.5. The zero-order chi connectivity index (χ0) is 19.1. The Morgan fingerprint density at radius 2 is 1.69 bits per heavy atom. The van der Waals surface area contributed by atoms with E-state index in [9.17, 15) is 18.8 Å². The molecule has 0 spiro atoms. The van der Waals surface area contributed by atoms with Gasteiger partial charge in [0.1, 0.15) is 5.82 Å². The number of hydrogen-bond acceptors (Lipinski definition) is 3. The Hall–Kier alpha value is -2.74. The Kier molecular flexibility index (Phi) is 6.85. The first-order valence-corrected chi connectivity index (χ1v) is 8.51. The summed E-state index contributed by atoms with van der Waals surface area (Å²) in [6.07, 6.45) is 0. The van der Waals surface area contributed by atoms with Crippen LogP contribution >= 0.6 is 15.9 Å². The van der Waals surface area contributed by atoms with Crippen LogP contribution in [0.2, 0.25) is 0 Å². The van der Waals surface area contributed by atoms with Crippen LogP contribution in [0.1, 0.15) is 15.9 Å². The minimum absolute atomic E-state index is 0.149. The molecule has 0 radical (unpaired) electrons. The molecule has 6 nitrogen and oxygen atoms in total. The minimum atomic E-state index is -0.701. The van der Waals surface area contributed by atoms with Crippen molar-refractivity contribution in [1.82, 2.24) is 10.6 Å². The Morgan fingerprint density at radius 1 is 1.00 bits per heavy atom. The van der Waals surface area contributed by atoms with Gasteiger partial charge in [-0.15, -0.1) is 0 Å². The second-order valence-corrected chi connectivity index (χ2v) is 6.36. The molecule has 26 heavy (non-hydrogen) atoms. The van der Waals surface area contributed by atoms with Gasteiger partial charge in [0, 0.05) is 10.2 Å². The fourth-order valence-electron chi connectivity index (χ4n) is 2.10. The quantitative estimate of drug-likeness (QED) is 0.668. The second-order valence-electron chi connectivity index (χ2n) is 5.45. The van der Waals surface area contributed by atoms with E-state index in [0.717, 1.165) is 16.1 Å². The molecule has 0 saturated carbocycles. The maximum absolute atomic E-state index is 13.5. The van der Waals surface area contributed by atoms with Gasteiger partial charge in [-0.25, -0.2) is 4.39 Å². The number of benzene rings is 2. The normalized spacial score (nSPS) is 10.1. The molecule has 3 N–H and O–H groups in total. The molecule has 0 aromatic heterocycles. The average Bonchev–Trinajstić information content (AvgIpc) is 2.60. The Labute approximate surface area is 158 Å². The molecular formula is C18H17BrFN3O3. The van der Waals surface area contributed by atoms with Gasteiger partial charge in [0.25, 0.3) is 5.91 Å². The van der Waals surface area contributed by atoms with Crippen LogP contribution in [0.25, 0.3) is 0 Å². The molecule has 0 aliphatic carbocycles. The van der Waals surface area contributed by atoms with Crippen molar-refractivity contribution < 1.29 is 18.8 Å². The predicted octanol–water partition coefficient (Wildman–Crippen LogP) is 2.38. The highest BCUT2D eigenvalue weighted by Crippen LogP contribution is 2.19. The number of hydrogen-bond donors (Lipinski definition) is 3. The zero-order valence-corrected chi connectivity index (χ0v) is 15.5. The highest BCUT2D eigenvalue weighted by Gasteiger charge is 2.12. The first-order valence-electron chi connectivity index (χ1n) is 7.72. The Balaban J connectivity index is 1.77. The molecule has 0 saturated heterocycles. The summed E-state index contributed by atoms with van der Waals surface area (Å²) in [6, 6.07) is 10.8. The molecular weight excluding hydrogens is 405 g/mol. The van der Waals surface area contributed by atoms with Crippen LogP contribution in [0.15, 0.2) is 46.9 Å². The third-order valence-corrected chi connectivity index (χ3v) is 3.93. The molecule has 0 heterocycles. The molecule has 0 fully saturated rings. The van der Waals surface area contributed by atoms with E-state index in [0.29, 0.717) is 5.69 Å². The number of halogens is 2. The lowest BCUT2D eigenvalue weighted by molar-refractivity contribution is -0.123. The van der Waals surface area contributed by atoms with Crippen LogP contribution in [-0.2, 0) is 9.59 Å². The summed E-state index contributed by atoms with van der Waals surface area (Å²) in [4.78, 5) is 35.4. The summed E-state index contributed by atoms with van der Waals surface area (Å²) >= 11 is 3.33. The maximum Gasteiger partial charge on any atom is 0.254 e. The van der Waals surface area contributed by atoms with Crippen molar-refractivity contribution in [2.75, 3.05) is 18.4 Å². The fourth-order valence-corrected chi connectivity index (χ4v) is 2.58. The number of nitrogens with one attached hydrogen (secondary N) is 3. The van der Waals surface area contributed by atoms with E-state index < -0.39 is 23.5 Å². The van der Waals surface area contributed by atoms with E-state index >= 15 is 0 Å². The van der Waals surface area contributed by atoms with Crippen molar-refractivity contribution in [2.24, 2.45) is 0 Å². The van der Waals surface area contributed by atoms with E-state index in [1.165, 1.54) is 18.2 Å². The number of carbonyl (C=O) groups excluding carboxylic acids is 3. The van der Waals surface area contributed by atoms with Crippen LogP contribution < -0.4 is 16.0 Å². The van der Waals surface area contributed by atoms with Gasteiger partial charge in [-0.1, -0.05) is 28.1 Å². The van der Waals surface area contributed by atoms with Gasteiger partial charge in [-0.3, -0.25) is 14.4 Å². The minimum Gasteiger partial charge on any atom is -0.345 e. The monoisotopic (exact) mass is 421 g/mol. The van der Waals surface area contributed by atoms with Gasteiger partial charge in [-0.05, 0) is 42.8 Å². The highest BCUT2D eigenvalue weighted by molar-refractivity contribution is 9.10. The van der Waals surface area contributed by atoms with Gasteiger partial charge < -0.3 is 16.0 Å². The summed E-state index contributed by atoms with van der Waals surface area (Å²) in [5.74, 6) is -2.33. The van der Waals surface area contributed by atoms with Crippen LogP contribution in [-0.4, -0.2) is 30.8 Å². The molecule has 8 heteroatoms. The van der Waals surface area contributed by atoms with Crippen molar-refractivity contribution in [1.29, 1.82) is 0 Å². The van der Waals surface area contributed by atoms with E-state index in [1.54, 1.807) is 12.1 Å². The zero-order valence-electron chi connectivity index (χ0n) is 13.9. The van der Waals surface area contributed by atoms with E-state index in [2.05, 4.69) is 31.9 Å². The molecule has 0 bridgehead atoms. The van der Waals surface area contributed by atoms with Crippen LogP contribution in [0, 0.1) is 12.7 Å². The summed E-state index contributed by atoms with van der Waals surface area (Å²) in [6.45, 7) is 1.23. The lowest BCUT2D eigenvalue weighted by Gasteiger charge is -2.10. The SMILES string of the molecule is Cc1cc(Br)ccc1NC(=O)CNC(=O)CNC(=O)c1ccccc1F. The fraction of sp³-hybridized carbons (Fsp3) is 0.167. The Morgan fingerprint density at radius 3 is 2.38 bits per heavy atom. The van der Waals surface area contributed by atoms with Gasteiger partial charge in [-0.2, -0.15) is 0 Å². The lowest BCUT2D eigenvalue weighted by atomic mass is 10.2.